The molecule has 0 bridgehead atoms. The highest BCUT2D eigenvalue weighted by atomic mass is 19.4. The lowest BCUT2D eigenvalue weighted by molar-refractivity contribution is -0.138. The molecule has 0 saturated carbocycles. The van der Waals surface area contributed by atoms with Crippen LogP contribution in [0.15, 0.2) is 36.4 Å². The highest BCUT2D eigenvalue weighted by molar-refractivity contribution is 5.35. The first kappa shape index (κ1) is 19.2. The molecule has 0 spiro atoms. The molecular formula is C18H18F5NO. The van der Waals surface area contributed by atoms with Gasteiger partial charge in [0.25, 0.3) is 0 Å². The van der Waals surface area contributed by atoms with Crippen molar-refractivity contribution in [1.82, 2.24) is 5.32 Å². The maximum atomic E-state index is 14.0. The largest absolute Gasteiger partial charge is 0.486 e. The number of halogens is 5. The topological polar surface area (TPSA) is 21.3 Å². The Morgan fingerprint density at radius 2 is 1.76 bits per heavy atom. The van der Waals surface area contributed by atoms with E-state index >= 15 is 0 Å². The van der Waals surface area contributed by atoms with Crippen LogP contribution in [0.5, 0.6) is 5.75 Å². The first-order valence-corrected chi connectivity index (χ1v) is 7.72. The molecule has 0 aliphatic heterocycles. The van der Waals surface area contributed by atoms with Gasteiger partial charge >= 0.3 is 6.18 Å². The van der Waals surface area contributed by atoms with Crippen molar-refractivity contribution in [3.63, 3.8) is 0 Å². The van der Waals surface area contributed by atoms with Gasteiger partial charge in [-0.1, -0.05) is 25.1 Å². The van der Waals surface area contributed by atoms with Crippen molar-refractivity contribution in [2.24, 2.45) is 0 Å². The van der Waals surface area contributed by atoms with Crippen LogP contribution in [-0.4, -0.2) is 6.54 Å². The van der Waals surface area contributed by atoms with E-state index in [0.29, 0.717) is 12.1 Å². The van der Waals surface area contributed by atoms with Crippen LogP contribution < -0.4 is 10.1 Å². The van der Waals surface area contributed by atoms with Gasteiger partial charge in [-0.2, -0.15) is 13.2 Å². The highest BCUT2D eigenvalue weighted by Gasteiger charge is 2.33. The zero-order valence-corrected chi connectivity index (χ0v) is 13.6. The first-order chi connectivity index (χ1) is 11.8. The molecule has 0 saturated heterocycles. The summed E-state index contributed by atoms with van der Waals surface area (Å²) in [6.07, 6.45) is -4.64. The van der Waals surface area contributed by atoms with E-state index in [2.05, 4.69) is 5.32 Å². The Morgan fingerprint density at radius 3 is 2.36 bits per heavy atom. The van der Waals surface area contributed by atoms with Gasteiger partial charge in [-0.15, -0.1) is 0 Å². The number of rotatable bonds is 7. The number of ether oxygens (including phenoxy) is 1. The third-order valence-electron chi connectivity index (χ3n) is 3.59. The summed E-state index contributed by atoms with van der Waals surface area (Å²) in [5.74, 6) is -0.785. The molecule has 0 heterocycles. The Kier molecular flexibility index (Phi) is 6.36. The van der Waals surface area contributed by atoms with Crippen LogP contribution in [0.3, 0.4) is 0 Å². The summed E-state index contributed by atoms with van der Waals surface area (Å²) in [4.78, 5) is 0. The molecule has 2 rings (SSSR count). The Morgan fingerprint density at radius 1 is 1.04 bits per heavy atom. The van der Waals surface area contributed by atoms with Crippen molar-refractivity contribution < 1.29 is 26.7 Å². The summed E-state index contributed by atoms with van der Waals surface area (Å²) in [6, 6.07) is 7.44. The van der Waals surface area contributed by atoms with E-state index in [1.807, 2.05) is 6.92 Å². The van der Waals surface area contributed by atoms with E-state index in [0.717, 1.165) is 18.7 Å². The summed E-state index contributed by atoms with van der Waals surface area (Å²) < 4.78 is 71.1. The van der Waals surface area contributed by atoms with E-state index in [1.165, 1.54) is 18.2 Å². The molecule has 25 heavy (non-hydrogen) atoms. The third-order valence-corrected chi connectivity index (χ3v) is 3.59. The number of hydrogen-bond donors (Lipinski definition) is 1. The molecule has 2 aromatic rings. The van der Waals surface area contributed by atoms with E-state index in [9.17, 15) is 22.0 Å². The monoisotopic (exact) mass is 359 g/mol. The van der Waals surface area contributed by atoms with Gasteiger partial charge in [0, 0.05) is 12.1 Å². The lowest BCUT2D eigenvalue weighted by Crippen LogP contribution is -2.13. The van der Waals surface area contributed by atoms with Crippen molar-refractivity contribution >= 4 is 0 Å². The second kappa shape index (κ2) is 8.29. The Labute approximate surface area is 142 Å². The van der Waals surface area contributed by atoms with Gasteiger partial charge in [-0.25, -0.2) is 8.78 Å². The highest BCUT2D eigenvalue weighted by Crippen LogP contribution is 2.33. The smallest absolute Gasteiger partial charge is 0.416 e. The molecule has 0 aliphatic carbocycles. The Bertz CT molecular complexity index is 715. The second-order valence-corrected chi connectivity index (χ2v) is 5.46. The van der Waals surface area contributed by atoms with Crippen molar-refractivity contribution in [3.05, 3.63) is 64.5 Å². The van der Waals surface area contributed by atoms with Crippen LogP contribution in [0, 0.1) is 5.82 Å². The minimum atomic E-state index is -4.64. The Balaban J connectivity index is 2.16. The fourth-order valence-electron chi connectivity index (χ4n) is 2.29. The van der Waals surface area contributed by atoms with Crippen LogP contribution in [0.25, 0.3) is 0 Å². The molecule has 1 N–H and O–H groups in total. The number of alkyl halides is 4. The van der Waals surface area contributed by atoms with Crippen molar-refractivity contribution in [3.8, 4) is 5.75 Å². The fourth-order valence-corrected chi connectivity index (χ4v) is 2.29. The average molecular weight is 359 g/mol. The van der Waals surface area contributed by atoms with E-state index in [4.69, 9.17) is 4.74 Å². The average Bonchev–Trinajstić information content (AvgIpc) is 2.58. The van der Waals surface area contributed by atoms with Crippen LogP contribution >= 0.6 is 0 Å². The SMILES string of the molecule is CCNCc1ccc(OCc2ccc(CF)cc2C(F)(F)F)c(F)c1. The summed E-state index contributed by atoms with van der Waals surface area (Å²) in [5.41, 5.74) is -0.530. The molecule has 0 aliphatic rings. The van der Waals surface area contributed by atoms with Gasteiger partial charge < -0.3 is 10.1 Å². The molecule has 0 aromatic heterocycles. The number of nitrogens with one attached hydrogen (secondary N) is 1. The normalized spacial score (nSPS) is 11.6. The predicted molar refractivity (Wildman–Crippen MR) is 84.4 cm³/mol. The Hall–Kier alpha value is -2.15. The molecule has 0 radical (unpaired) electrons. The molecule has 7 heteroatoms. The van der Waals surface area contributed by atoms with Crippen LogP contribution in [-0.2, 0) is 26.0 Å². The number of hydrogen-bond acceptors (Lipinski definition) is 2. The lowest BCUT2D eigenvalue weighted by Gasteiger charge is -2.15. The van der Waals surface area contributed by atoms with Gasteiger partial charge in [-0.05, 0) is 35.9 Å². The summed E-state index contributed by atoms with van der Waals surface area (Å²) in [5, 5.41) is 3.04. The van der Waals surface area contributed by atoms with Gasteiger partial charge in [0.1, 0.15) is 13.3 Å². The zero-order valence-electron chi connectivity index (χ0n) is 13.6. The van der Waals surface area contributed by atoms with Crippen molar-refractivity contribution in [2.75, 3.05) is 6.54 Å². The standard InChI is InChI=1S/C18H18F5NO/c1-2-24-10-13-4-6-17(16(20)8-13)25-11-14-5-3-12(9-19)7-15(14)18(21,22)23/h3-8,24H,2,9-11H2,1H3. The lowest BCUT2D eigenvalue weighted by atomic mass is 10.0. The van der Waals surface area contributed by atoms with E-state index in [1.54, 1.807) is 6.07 Å². The molecule has 0 atom stereocenters. The van der Waals surface area contributed by atoms with E-state index in [-0.39, 0.29) is 16.9 Å². The second-order valence-electron chi connectivity index (χ2n) is 5.46. The zero-order chi connectivity index (χ0) is 18.4. The van der Waals surface area contributed by atoms with E-state index < -0.39 is 30.8 Å². The van der Waals surface area contributed by atoms with Crippen LogP contribution in [0.4, 0.5) is 22.0 Å². The quantitative estimate of drug-likeness (QED) is 0.702. The minimum Gasteiger partial charge on any atom is -0.486 e. The maximum Gasteiger partial charge on any atom is 0.416 e. The summed E-state index contributed by atoms with van der Waals surface area (Å²) >= 11 is 0. The molecule has 136 valence electrons. The first-order valence-electron chi connectivity index (χ1n) is 7.72. The fraction of sp³-hybridized carbons (Fsp3) is 0.333. The summed E-state index contributed by atoms with van der Waals surface area (Å²) in [6.45, 7) is 1.67. The van der Waals surface area contributed by atoms with Crippen molar-refractivity contribution in [1.29, 1.82) is 0 Å². The predicted octanol–water partition coefficient (Wildman–Crippen LogP) is 5.00. The molecule has 2 aromatic carbocycles. The van der Waals surface area contributed by atoms with Crippen LogP contribution in [0.2, 0.25) is 0 Å². The maximum absolute atomic E-state index is 14.0. The van der Waals surface area contributed by atoms with Gasteiger partial charge in [0.05, 0.1) is 5.56 Å². The number of benzene rings is 2. The van der Waals surface area contributed by atoms with Gasteiger partial charge in [0.15, 0.2) is 11.6 Å². The molecule has 0 fully saturated rings. The molecule has 0 unspecified atom stereocenters. The third kappa shape index (κ3) is 5.16. The minimum absolute atomic E-state index is 0.0740. The molecule has 2 nitrogen and oxygen atoms in total. The van der Waals surface area contributed by atoms with Crippen LogP contribution in [0.1, 0.15) is 29.2 Å². The van der Waals surface area contributed by atoms with Crippen molar-refractivity contribution in [2.45, 2.75) is 32.9 Å². The molecule has 0 amide bonds. The van der Waals surface area contributed by atoms with Gasteiger partial charge in [0.2, 0.25) is 0 Å². The summed E-state index contributed by atoms with van der Waals surface area (Å²) in [7, 11) is 0. The van der Waals surface area contributed by atoms with Gasteiger partial charge in [-0.3, -0.25) is 0 Å². The molecular weight excluding hydrogens is 341 g/mol.